The summed E-state index contributed by atoms with van der Waals surface area (Å²) < 4.78 is 5.00. The second kappa shape index (κ2) is 3.82. The van der Waals surface area contributed by atoms with Gasteiger partial charge in [-0.2, -0.15) is 5.10 Å². The van der Waals surface area contributed by atoms with E-state index < -0.39 is 0 Å². The number of H-pyrrole nitrogens is 1. The van der Waals surface area contributed by atoms with E-state index in [0.717, 1.165) is 25.0 Å². The van der Waals surface area contributed by atoms with Crippen LogP contribution in [0, 0.1) is 5.92 Å². The van der Waals surface area contributed by atoms with E-state index in [1.54, 1.807) is 0 Å². The monoisotopic (exact) mass is 194 g/mol. The summed E-state index contributed by atoms with van der Waals surface area (Å²) in [4.78, 5) is 11.5. The Labute approximate surface area is 82.7 Å². The van der Waals surface area contributed by atoms with E-state index in [9.17, 15) is 4.79 Å². The van der Waals surface area contributed by atoms with E-state index in [-0.39, 0.29) is 11.9 Å². The molecule has 0 radical (unpaired) electrons. The quantitative estimate of drug-likeness (QED) is 0.717. The van der Waals surface area contributed by atoms with Crippen molar-refractivity contribution in [3.8, 4) is 0 Å². The third-order valence-electron chi connectivity index (χ3n) is 2.64. The predicted octanol–water partition coefficient (Wildman–Crippen LogP) is 1.08. The Bertz CT molecular complexity index is 333. The SMILES string of the molecule is CCOC(=O)C1CCc2cn[nH]c2C1. The molecule has 0 spiro atoms. The number of aromatic amines is 1. The highest BCUT2D eigenvalue weighted by Crippen LogP contribution is 2.24. The summed E-state index contributed by atoms with van der Waals surface area (Å²) in [6.07, 6.45) is 4.39. The van der Waals surface area contributed by atoms with Crippen LogP contribution in [0.4, 0.5) is 0 Å². The Balaban J connectivity index is 2.04. The summed E-state index contributed by atoms with van der Waals surface area (Å²) in [5, 5.41) is 6.89. The molecule has 1 aromatic heterocycles. The number of rotatable bonds is 2. The van der Waals surface area contributed by atoms with Gasteiger partial charge in [0.1, 0.15) is 0 Å². The van der Waals surface area contributed by atoms with Crippen LogP contribution in [0.2, 0.25) is 0 Å². The molecule has 0 amide bonds. The summed E-state index contributed by atoms with van der Waals surface area (Å²) in [7, 11) is 0. The molecule has 0 aromatic carbocycles. The summed E-state index contributed by atoms with van der Waals surface area (Å²) in [5.74, 6) is -0.0596. The number of ether oxygens (including phenoxy) is 1. The van der Waals surface area contributed by atoms with Gasteiger partial charge < -0.3 is 4.74 Å². The maximum atomic E-state index is 11.5. The summed E-state index contributed by atoms with van der Waals surface area (Å²) in [6.45, 7) is 2.30. The molecule has 1 heterocycles. The zero-order valence-corrected chi connectivity index (χ0v) is 8.25. The molecule has 0 bridgehead atoms. The lowest BCUT2D eigenvalue weighted by atomic mass is 9.88. The number of hydrogen-bond acceptors (Lipinski definition) is 3. The van der Waals surface area contributed by atoms with Crippen molar-refractivity contribution in [2.75, 3.05) is 6.61 Å². The minimum Gasteiger partial charge on any atom is -0.466 e. The molecule has 2 rings (SSSR count). The second-order valence-electron chi connectivity index (χ2n) is 3.57. The van der Waals surface area contributed by atoms with E-state index in [2.05, 4.69) is 10.2 Å². The van der Waals surface area contributed by atoms with Crippen molar-refractivity contribution in [3.63, 3.8) is 0 Å². The Morgan fingerprint density at radius 3 is 3.43 bits per heavy atom. The third-order valence-corrected chi connectivity index (χ3v) is 2.64. The van der Waals surface area contributed by atoms with Crippen LogP contribution in [0.5, 0.6) is 0 Å². The van der Waals surface area contributed by atoms with Crippen molar-refractivity contribution in [2.45, 2.75) is 26.2 Å². The Kier molecular flexibility index (Phi) is 2.52. The first-order valence-corrected chi connectivity index (χ1v) is 4.99. The highest BCUT2D eigenvalue weighted by atomic mass is 16.5. The maximum Gasteiger partial charge on any atom is 0.309 e. The average Bonchev–Trinajstić information content (AvgIpc) is 2.64. The maximum absolute atomic E-state index is 11.5. The van der Waals surface area contributed by atoms with E-state index >= 15 is 0 Å². The second-order valence-corrected chi connectivity index (χ2v) is 3.57. The molecule has 0 saturated carbocycles. The summed E-state index contributed by atoms with van der Waals surface area (Å²) in [5.41, 5.74) is 2.33. The number of carbonyl (C=O) groups is 1. The van der Waals surface area contributed by atoms with Gasteiger partial charge in [0.2, 0.25) is 0 Å². The number of nitrogens with one attached hydrogen (secondary N) is 1. The first-order valence-electron chi connectivity index (χ1n) is 4.99. The van der Waals surface area contributed by atoms with Gasteiger partial charge in [0, 0.05) is 12.1 Å². The lowest BCUT2D eigenvalue weighted by Gasteiger charge is -2.19. The average molecular weight is 194 g/mol. The molecule has 1 aliphatic carbocycles. The van der Waals surface area contributed by atoms with Gasteiger partial charge in [0.05, 0.1) is 18.7 Å². The van der Waals surface area contributed by atoms with Crippen molar-refractivity contribution < 1.29 is 9.53 Å². The van der Waals surface area contributed by atoms with Crippen LogP contribution >= 0.6 is 0 Å². The van der Waals surface area contributed by atoms with Crippen LogP contribution in [0.1, 0.15) is 24.6 Å². The molecule has 1 aliphatic rings. The smallest absolute Gasteiger partial charge is 0.309 e. The number of hydrogen-bond donors (Lipinski definition) is 1. The van der Waals surface area contributed by atoms with Gasteiger partial charge in [0.15, 0.2) is 0 Å². The predicted molar refractivity (Wildman–Crippen MR) is 50.7 cm³/mol. The van der Waals surface area contributed by atoms with Gasteiger partial charge in [-0.3, -0.25) is 9.89 Å². The van der Waals surface area contributed by atoms with Gasteiger partial charge in [-0.05, 0) is 25.3 Å². The Morgan fingerprint density at radius 1 is 1.79 bits per heavy atom. The van der Waals surface area contributed by atoms with Crippen LogP contribution in [-0.4, -0.2) is 22.8 Å². The minimum atomic E-state index is -0.0762. The molecule has 1 unspecified atom stereocenters. The van der Waals surface area contributed by atoms with Gasteiger partial charge in [-0.15, -0.1) is 0 Å². The van der Waals surface area contributed by atoms with E-state index in [1.165, 1.54) is 5.56 Å². The molecular weight excluding hydrogens is 180 g/mol. The lowest BCUT2D eigenvalue weighted by Crippen LogP contribution is -2.24. The highest BCUT2D eigenvalue weighted by molar-refractivity contribution is 5.73. The van der Waals surface area contributed by atoms with Gasteiger partial charge >= 0.3 is 5.97 Å². The van der Waals surface area contributed by atoms with Crippen LogP contribution in [0.3, 0.4) is 0 Å². The number of fused-ring (bicyclic) bond motifs is 1. The first-order chi connectivity index (χ1) is 6.81. The molecule has 14 heavy (non-hydrogen) atoms. The van der Waals surface area contributed by atoms with Crippen molar-refractivity contribution in [3.05, 3.63) is 17.5 Å². The molecule has 1 N–H and O–H groups in total. The van der Waals surface area contributed by atoms with Crippen LogP contribution in [-0.2, 0) is 22.4 Å². The Hall–Kier alpha value is -1.32. The van der Waals surface area contributed by atoms with Crippen molar-refractivity contribution >= 4 is 5.97 Å². The molecule has 1 aromatic rings. The molecule has 0 aliphatic heterocycles. The number of aryl methyl sites for hydroxylation is 1. The highest BCUT2D eigenvalue weighted by Gasteiger charge is 2.26. The normalized spacial score (nSPS) is 20.2. The van der Waals surface area contributed by atoms with Crippen LogP contribution in [0.15, 0.2) is 6.20 Å². The fourth-order valence-corrected chi connectivity index (χ4v) is 1.87. The molecule has 4 heteroatoms. The molecule has 0 fully saturated rings. The van der Waals surface area contributed by atoms with Crippen LogP contribution < -0.4 is 0 Å². The standard InChI is InChI=1S/C10H14N2O2/c1-2-14-10(13)7-3-4-8-6-11-12-9(8)5-7/h6-7H,2-5H2,1H3,(H,11,12). The largest absolute Gasteiger partial charge is 0.466 e. The third kappa shape index (κ3) is 1.64. The molecule has 4 nitrogen and oxygen atoms in total. The van der Waals surface area contributed by atoms with Gasteiger partial charge in [-0.1, -0.05) is 0 Å². The summed E-state index contributed by atoms with van der Waals surface area (Å²) in [6, 6.07) is 0. The number of esters is 1. The van der Waals surface area contributed by atoms with Crippen LogP contribution in [0.25, 0.3) is 0 Å². The Morgan fingerprint density at radius 2 is 2.64 bits per heavy atom. The molecule has 0 saturated heterocycles. The number of aromatic nitrogens is 2. The van der Waals surface area contributed by atoms with Crippen molar-refractivity contribution in [1.82, 2.24) is 10.2 Å². The fraction of sp³-hybridized carbons (Fsp3) is 0.600. The summed E-state index contributed by atoms with van der Waals surface area (Å²) >= 11 is 0. The van der Waals surface area contributed by atoms with E-state index in [1.807, 2.05) is 13.1 Å². The minimum absolute atomic E-state index is 0.0166. The fourth-order valence-electron chi connectivity index (χ4n) is 1.87. The zero-order valence-electron chi connectivity index (χ0n) is 8.25. The molecular formula is C10H14N2O2. The van der Waals surface area contributed by atoms with Gasteiger partial charge in [-0.25, -0.2) is 0 Å². The van der Waals surface area contributed by atoms with E-state index in [0.29, 0.717) is 6.61 Å². The number of carbonyl (C=O) groups excluding carboxylic acids is 1. The first kappa shape index (κ1) is 9.24. The number of nitrogens with zero attached hydrogens (tertiary/aromatic N) is 1. The van der Waals surface area contributed by atoms with Crippen molar-refractivity contribution in [1.29, 1.82) is 0 Å². The zero-order chi connectivity index (χ0) is 9.97. The molecule has 1 atom stereocenters. The van der Waals surface area contributed by atoms with Gasteiger partial charge in [0.25, 0.3) is 0 Å². The van der Waals surface area contributed by atoms with E-state index in [4.69, 9.17) is 4.74 Å². The topological polar surface area (TPSA) is 55.0 Å². The van der Waals surface area contributed by atoms with Crippen molar-refractivity contribution in [2.24, 2.45) is 5.92 Å². The lowest BCUT2D eigenvalue weighted by molar-refractivity contribution is -0.148. The molecule has 76 valence electrons.